The Morgan fingerprint density at radius 2 is 1.83 bits per heavy atom. The van der Waals surface area contributed by atoms with Crippen LogP contribution in [0, 0.1) is 0 Å². The molecule has 0 heterocycles. The van der Waals surface area contributed by atoms with Gasteiger partial charge in [-0.1, -0.05) is 43.6 Å². The first-order chi connectivity index (χ1) is 14.5. The SMILES string of the molecule is CCCNC(=O)[C@H](CC)N(Cc1cccc(OC)c1)C(=O)COc1cccc(Cl)c1. The highest BCUT2D eigenvalue weighted by Gasteiger charge is 2.28. The highest BCUT2D eigenvalue weighted by Crippen LogP contribution is 2.19. The van der Waals surface area contributed by atoms with Gasteiger partial charge in [-0.15, -0.1) is 0 Å². The molecule has 6 nitrogen and oxygen atoms in total. The lowest BCUT2D eigenvalue weighted by molar-refractivity contribution is -0.143. The average Bonchev–Trinajstić information content (AvgIpc) is 2.76. The molecule has 30 heavy (non-hydrogen) atoms. The van der Waals surface area contributed by atoms with Crippen LogP contribution in [0.2, 0.25) is 5.02 Å². The first-order valence-corrected chi connectivity index (χ1v) is 10.4. The monoisotopic (exact) mass is 432 g/mol. The highest BCUT2D eigenvalue weighted by molar-refractivity contribution is 6.30. The standard InChI is InChI=1S/C23H29ClN2O4/c1-4-12-25-23(28)21(5-2)26(15-17-8-6-10-19(13-17)29-3)22(27)16-30-20-11-7-9-18(24)14-20/h6-11,13-14,21H,4-5,12,15-16H2,1-3H3,(H,25,28)/t21-/m0/s1. The molecule has 0 bridgehead atoms. The van der Waals surface area contributed by atoms with Crippen LogP contribution in [0.25, 0.3) is 0 Å². The Morgan fingerprint density at radius 1 is 1.10 bits per heavy atom. The number of halogens is 1. The maximum Gasteiger partial charge on any atom is 0.261 e. The lowest BCUT2D eigenvalue weighted by atomic mass is 10.1. The molecule has 2 rings (SSSR count). The number of methoxy groups -OCH3 is 1. The van der Waals surface area contributed by atoms with Crippen molar-refractivity contribution < 1.29 is 19.1 Å². The molecule has 0 saturated heterocycles. The van der Waals surface area contributed by atoms with Gasteiger partial charge in [0.1, 0.15) is 17.5 Å². The molecule has 2 aromatic rings. The number of ether oxygens (including phenoxy) is 2. The quantitative estimate of drug-likeness (QED) is 0.581. The van der Waals surface area contributed by atoms with Gasteiger partial charge in [-0.25, -0.2) is 0 Å². The molecule has 0 fully saturated rings. The van der Waals surface area contributed by atoms with E-state index in [0.717, 1.165) is 12.0 Å². The first kappa shape index (κ1) is 23.5. The Balaban J connectivity index is 2.21. The Kier molecular flexibility index (Phi) is 9.48. The number of hydrogen-bond donors (Lipinski definition) is 1. The molecular formula is C23H29ClN2O4. The number of carbonyl (C=O) groups is 2. The number of carbonyl (C=O) groups excluding carboxylic acids is 2. The zero-order valence-corrected chi connectivity index (χ0v) is 18.4. The highest BCUT2D eigenvalue weighted by atomic mass is 35.5. The first-order valence-electron chi connectivity index (χ1n) is 10.1. The lowest BCUT2D eigenvalue weighted by Gasteiger charge is -2.30. The van der Waals surface area contributed by atoms with Crippen molar-refractivity contribution in [2.45, 2.75) is 39.3 Å². The zero-order valence-electron chi connectivity index (χ0n) is 17.7. The average molecular weight is 433 g/mol. The molecule has 0 saturated carbocycles. The van der Waals surface area contributed by atoms with Gasteiger partial charge in [0.05, 0.1) is 7.11 Å². The summed E-state index contributed by atoms with van der Waals surface area (Å²) >= 11 is 5.98. The van der Waals surface area contributed by atoms with Crippen LogP contribution in [0.1, 0.15) is 32.3 Å². The third-order valence-corrected chi connectivity index (χ3v) is 4.82. The van der Waals surface area contributed by atoms with Gasteiger partial charge in [-0.05, 0) is 48.7 Å². The van der Waals surface area contributed by atoms with Gasteiger partial charge in [-0.2, -0.15) is 0 Å². The second kappa shape index (κ2) is 12.1. The molecule has 0 aliphatic rings. The molecule has 2 aromatic carbocycles. The third-order valence-electron chi connectivity index (χ3n) is 4.58. The number of rotatable bonds is 11. The van der Waals surface area contributed by atoms with Gasteiger partial charge in [0.25, 0.3) is 5.91 Å². The Hall–Kier alpha value is -2.73. The molecule has 2 amide bonds. The number of benzene rings is 2. The van der Waals surface area contributed by atoms with Crippen molar-refractivity contribution in [2.75, 3.05) is 20.3 Å². The Bertz CT molecular complexity index is 843. The molecule has 0 spiro atoms. The molecule has 1 N–H and O–H groups in total. The smallest absolute Gasteiger partial charge is 0.261 e. The van der Waals surface area contributed by atoms with Crippen LogP contribution in [-0.2, 0) is 16.1 Å². The van der Waals surface area contributed by atoms with Crippen LogP contribution in [0.4, 0.5) is 0 Å². The molecule has 7 heteroatoms. The van der Waals surface area contributed by atoms with Crippen molar-refractivity contribution >= 4 is 23.4 Å². The second-order valence-electron chi connectivity index (χ2n) is 6.83. The fourth-order valence-corrected chi connectivity index (χ4v) is 3.22. The van der Waals surface area contributed by atoms with Crippen molar-refractivity contribution in [3.05, 3.63) is 59.1 Å². The van der Waals surface area contributed by atoms with Crippen molar-refractivity contribution in [3.63, 3.8) is 0 Å². The minimum absolute atomic E-state index is 0.168. The lowest BCUT2D eigenvalue weighted by Crippen LogP contribution is -2.50. The van der Waals surface area contributed by atoms with Gasteiger partial charge in [0, 0.05) is 18.1 Å². The summed E-state index contributed by atoms with van der Waals surface area (Å²) in [7, 11) is 1.59. The third kappa shape index (κ3) is 6.95. The molecule has 0 aromatic heterocycles. The molecular weight excluding hydrogens is 404 g/mol. The summed E-state index contributed by atoms with van der Waals surface area (Å²) < 4.78 is 10.9. The van der Waals surface area contributed by atoms with Gasteiger partial charge >= 0.3 is 0 Å². The van der Waals surface area contributed by atoms with E-state index in [1.165, 1.54) is 0 Å². The molecule has 162 valence electrons. The minimum atomic E-state index is -0.599. The summed E-state index contributed by atoms with van der Waals surface area (Å²) in [5.41, 5.74) is 0.868. The van der Waals surface area contributed by atoms with Gasteiger partial charge < -0.3 is 19.7 Å². The number of amides is 2. The minimum Gasteiger partial charge on any atom is -0.497 e. The van der Waals surface area contributed by atoms with Crippen molar-refractivity contribution in [3.8, 4) is 11.5 Å². The summed E-state index contributed by atoms with van der Waals surface area (Å²) in [6.45, 7) is 4.52. The Morgan fingerprint density at radius 3 is 2.50 bits per heavy atom. The van der Waals surface area contributed by atoms with E-state index < -0.39 is 6.04 Å². The predicted molar refractivity (Wildman–Crippen MR) is 118 cm³/mol. The van der Waals surface area contributed by atoms with Crippen LogP contribution in [0.5, 0.6) is 11.5 Å². The molecule has 0 radical (unpaired) electrons. The Labute approximate surface area is 183 Å². The van der Waals surface area contributed by atoms with E-state index in [9.17, 15) is 9.59 Å². The molecule has 0 aliphatic heterocycles. The maximum absolute atomic E-state index is 13.1. The predicted octanol–water partition coefficient (Wildman–Crippen LogP) is 4.06. The van der Waals surface area contributed by atoms with Crippen molar-refractivity contribution in [1.29, 1.82) is 0 Å². The van der Waals surface area contributed by atoms with E-state index >= 15 is 0 Å². The fraction of sp³-hybridized carbons (Fsp3) is 0.391. The fourth-order valence-electron chi connectivity index (χ4n) is 3.04. The number of hydrogen-bond acceptors (Lipinski definition) is 4. The molecule has 1 atom stereocenters. The number of nitrogens with one attached hydrogen (secondary N) is 1. The zero-order chi connectivity index (χ0) is 21.9. The van der Waals surface area contributed by atoms with Crippen LogP contribution < -0.4 is 14.8 Å². The van der Waals surface area contributed by atoms with Crippen LogP contribution in [0.15, 0.2) is 48.5 Å². The van der Waals surface area contributed by atoms with Crippen LogP contribution >= 0.6 is 11.6 Å². The van der Waals surface area contributed by atoms with E-state index in [2.05, 4.69) is 5.32 Å². The summed E-state index contributed by atoms with van der Waals surface area (Å²) in [6.07, 6.45) is 1.31. The normalized spacial score (nSPS) is 11.5. The summed E-state index contributed by atoms with van der Waals surface area (Å²) in [5.74, 6) is 0.744. The van der Waals surface area contributed by atoms with E-state index in [1.807, 2.05) is 38.1 Å². The second-order valence-corrected chi connectivity index (χ2v) is 7.27. The van der Waals surface area contributed by atoms with E-state index in [-0.39, 0.29) is 25.0 Å². The largest absolute Gasteiger partial charge is 0.497 e. The summed E-state index contributed by atoms with van der Waals surface area (Å²) in [6, 6.07) is 13.7. The number of nitrogens with zero attached hydrogens (tertiary/aromatic N) is 1. The molecule has 0 unspecified atom stereocenters. The van der Waals surface area contributed by atoms with Crippen molar-refractivity contribution in [2.24, 2.45) is 0 Å². The van der Waals surface area contributed by atoms with Gasteiger partial charge in [0.15, 0.2) is 6.61 Å². The van der Waals surface area contributed by atoms with Crippen molar-refractivity contribution in [1.82, 2.24) is 10.2 Å². The van der Waals surface area contributed by atoms with Crippen LogP contribution in [-0.4, -0.2) is 43.0 Å². The summed E-state index contributed by atoms with van der Waals surface area (Å²) in [4.78, 5) is 27.4. The van der Waals surface area contributed by atoms with E-state index in [4.69, 9.17) is 21.1 Å². The van der Waals surface area contributed by atoms with E-state index in [1.54, 1.807) is 36.3 Å². The van der Waals surface area contributed by atoms with Crippen LogP contribution in [0.3, 0.4) is 0 Å². The van der Waals surface area contributed by atoms with E-state index in [0.29, 0.717) is 29.5 Å². The summed E-state index contributed by atoms with van der Waals surface area (Å²) in [5, 5.41) is 3.42. The maximum atomic E-state index is 13.1. The molecule has 0 aliphatic carbocycles. The van der Waals surface area contributed by atoms with Gasteiger partial charge in [-0.3, -0.25) is 9.59 Å². The topological polar surface area (TPSA) is 67.9 Å². The van der Waals surface area contributed by atoms with Gasteiger partial charge in [0.2, 0.25) is 5.91 Å².